The van der Waals surface area contributed by atoms with Crippen LogP contribution in [0.5, 0.6) is 0 Å². The molecule has 0 spiro atoms. The minimum atomic E-state index is 0.605. The molecule has 0 aliphatic carbocycles. The van der Waals surface area contributed by atoms with Crippen molar-refractivity contribution in [2.45, 2.75) is 58.8 Å². The zero-order valence-corrected chi connectivity index (χ0v) is 14.8. The Bertz CT molecular complexity index is 668. The first kappa shape index (κ1) is 18.0. The van der Waals surface area contributed by atoms with Crippen LogP contribution in [0.1, 0.15) is 62.1 Å². The first-order valence-corrected chi connectivity index (χ1v) is 8.96. The van der Waals surface area contributed by atoms with Gasteiger partial charge in [0, 0.05) is 11.9 Å². The lowest BCUT2D eigenvalue weighted by molar-refractivity contribution is 0.607. The second-order valence-electron chi connectivity index (χ2n) is 6.30. The van der Waals surface area contributed by atoms with Crippen molar-refractivity contribution in [3.8, 4) is 6.07 Å². The number of rotatable bonds is 9. The highest BCUT2D eigenvalue weighted by molar-refractivity contribution is 5.64. The van der Waals surface area contributed by atoms with Gasteiger partial charge in [0.15, 0.2) is 0 Å². The number of aryl methyl sites for hydroxylation is 2. The Hall–Kier alpha value is -2.34. The van der Waals surface area contributed by atoms with Crippen molar-refractivity contribution in [2.24, 2.45) is 0 Å². The molecule has 126 valence electrons. The average molecular weight is 321 g/mol. The molecule has 0 saturated heterocycles. The summed E-state index contributed by atoms with van der Waals surface area (Å²) in [4.78, 5) is 4.28. The Morgan fingerprint density at radius 2 is 1.71 bits per heavy atom. The van der Waals surface area contributed by atoms with Crippen molar-refractivity contribution in [2.75, 3.05) is 5.32 Å². The number of pyridine rings is 1. The molecule has 1 N–H and O–H groups in total. The van der Waals surface area contributed by atoms with E-state index in [1.807, 2.05) is 13.0 Å². The van der Waals surface area contributed by atoms with Gasteiger partial charge in [-0.25, -0.2) is 4.98 Å². The number of nitriles is 1. The van der Waals surface area contributed by atoms with Crippen LogP contribution in [0.2, 0.25) is 0 Å². The largest absolute Gasteiger partial charge is 0.339 e. The number of anilines is 2. The molecule has 0 bridgehead atoms. The lowest BCUT2D eigenvalue weighted by Gasteiger charge is -2.09. The molecule has 3 nitrogen and oxygen atoms in total. The van der Waals surface area contributed by atoms with Gasteiger partial charge in [0.25, 0.3) is 0 Å². The molecule has 0 radical (unpaired) electrons. The molecule has 0 fully saturated rings. The van der Waals surface area contributed by atoms with E-state index in [1.54, 1.807) is 6.20 Å². The van der Waals surface area contributed by atoms with Crippen LogP contribution < -0.4 is 5.32 Å². The number of hydrogen-bond donors (Lipinski definition) is 1. The van der Waals surface area contributed by atoms with Crippen LogP contribution in [0.15, 0.2) is 36.5 Å². The first-order valence-electron chi connectivity index (χ1n) is 8.96. The number of unbranched alkanes of at least 4 members (excludes halogenated alkanes) is 5. The molecule has 3 heteroatoms. The quantitative estimate of drug-likeness (QED) is 0.584. The van der Waals surface area contributed by atoms with Crippen molar-refractivity contribution < 1.29 is 0 Å². The summed E-state index contributed by atoms with van der Waals surface area (Å²) in [6, 6.07) is 12.5. The van der Waals surface area contributed by atoms with Crippen LogP contribution in [0.25, 0.3) is 0 Å². The van der Waals surface area contributed by atoms with Gasteiger partial charge < -0.3 is 5.32 Å². The Morgan fingerprint density at radius 1 is 1.00 bits per heavy atom. The maximum atomic E-state index is 9.27. The van der Waals surface area contributed by atoms with Crippen molar-refractivity contribution in [3.05, 3.63) is 53.2 Å². The molecule has 0 unspecified atom stereocenters. The van der Waals surface area contributed by atoms with Crippen LogP contribution in [-0.2, 0) is 6.42 Å². The van der Waals surface area contributed by atoms with Gasteiger partial charge in [-0.2, -0.15) is 5.26 Å². The molecule has 0 saturated carbocycles. The number of nitrogens with one attached hydrogen (secondary N) is 1. The van der Waals surface area contributed by atoms with Gasteiger partial charge in [0.2, 0.25) is 0 Å². The van der Waals surface area contributed by atoms with Crippen molar-refractivity contribution in [1.29, 1.82) is 5.26 Å². The van der Waals surface area contributed by atoms with Gasteiger partial charge in [-0.3, -0.25) is 0 Å². The summed E-state index contributed by atoms with van der Waals surface area (Å²) in [6.07, 6.45) is 10.8. The summed E-state index contributed by atoms with van der Waals surface area (Å²) >= 11 is 0. The Labute approximate surface area is 145 Å². The number of aromatic nitrogens is 1. The van der Waals surface area contributed by atoms with E-state index in [0.717, 1.165) is 17.7 Å². The standard InChI is InChI=1S/C21H27N3/c1-3-4-5-6-7-8-9-18-10-12-19(13-11-18)24-21-20(16-22)17(2)14-15-23-21/h10-15H,3-9H2,1-2H3,(H,23,24). The Balaban J connectivity index is 1.87. The third-order valence-electron chi connectivity index (χ3n) is 4.31. The van der Waals surface area contributed by atoms with Crippen molar-refractivity contribution in [1.82, 2.24) is 4.98 Å². The SMILES string of the molecule is CCCCCCCCc1ccc(Nc2nccc(C)c2C#N)cc1. The predicted octanol–water partition coefficient (Wildman–Crippen LogP) is 5.91. The van der Waals surface area contributed by atoms with Gasteiger partial charge in [0.1, 0.15) is 11.9 Å². The van der Waals surface area contributed by atoms with Crippen LogP contribution in [0, 0.1) is 18.3 Å². The molecule has 1 aromatic heterocycles. The summed E-state index contributed by atoms with van der Waals surface area (Å²) in [6.45, 7) is 4.18. The molecule has 24 heavy (non-hydrogen) atoms. The van der Waals surface area contributed by atoms with E-state index in [0.29, 0.717) is 11.4 Å². The number of benzene rings is 1. The fraction of sp³-hybridized carbons (Fsp3) is 0.429. The highest BCUT2D eigenvalue weighted by Gasteiger charge is 2.06. The molecule has 1 aromatic carbocycles. The summed E-state index contributed by atoms with van der Waals surface area (Å²) < 4.78 is 0. The molecule has 0 aliphatic rings. The third kappa shape index (κ3) is 5.38. The Kier molecular flexibility index (Phi) is 7.29. The second-order valence-corrected chi connectivity index (χ2v) is 6.30. The molecule has 0 aliphatic heterocycles. The van der Waals surface area contributed by atoms with E-state index in [2.05, 4.69) is 47.6 Å². The molecule has 1 heterocycles. The third-order valence-corrected chi connectivity index (χ3v) is 4.31. The highest BCUT2D eigenvalue weighted by Crippen LogP contribution is 2.21. The summed E-state index contributed by atoms with van der Waals surface area (Å²) in [5.41, 5.74) is 3.88. The monoisotopic (exact) mass is 321 g/mol. The maximum Gasteiger partial charge on any atom is 0.148 e. The van der Waals surface area contributed by atoms with Gasteiger partial charge in [-0.05, 0) is 49.1 Å². The zero-order valence-electron chi connectivity index (χ0n) is 14.8. The predicted molar refractivity (Wildman–Crippen MR) is 100 cm³/mol. The van der Waals surface area contributed by atoms with Gasteiger partial charge >= 0.3 is 0 Å². The average Bonchev–Trinajstić information content (AvgIpc) is 2.60. The van der Waals surface area contributed by atoms with Crippen molar-refractivity contribution in [3.63, 3.8) is 0 Å². The fourth-order valence-electron chi connectivity index (χ4n) is 2.80. The minimum absolute atomic E-state index is 0.605. The molecular weight excluding hydrogens is 294 g/mol. The fourth-order valence-corrected chi connectivity index (χ4v) is 2.80. The smallest absolute Gasteiger partial charge is 0.148 e. The lowest BCUT2D eigenvalue weighted by Crippen LogP contribution is -1.98. The normalized spacial score (nSPS) is 10.4. The van der Waals surface area contributed by atoms with Gasteiger partial charge in [0.05, 0.1) is 5.56 Å². The first-order chi connectivity index (χ1) is 11.7. The van der Waals surface area contributed by atoms with Gasteiger partial charge in [-0.1, -0.05) is 51.2 Å². The summed E-state index contributed by atoms with van der Waals surface area (Å²) in [5, 5.41) is 12.5. The Morgan fingerprint density at radius 3 is 2.42 bits per heavy atom. The van der Waals surface area contributed by atoms with E-state index in [9.17, 15) is 5.26 Å². The van der Waals surface area contributed by atoms with Crippen LogP contribution in [-0.4, -0.2) is 4.98 Å². The minimum Gasteiger partial charge on any atom is -0.339 e. The van der Waals surface area contributed by atoms with Crippen molar-refractivity contribution >= 4 is 11.5 Å². The molecule has 0 amide bonds. The summed E-state index contributed by atoms with van der Waals surface area (Å²) in [7, 11) is 0. The topological polar surface area (TPSA) is 48.7 Å². The molecule has 2 aromatic rings. The zero-order chi connectivity index (χ0) is 17.2. The number of hydrogen-bond acceptors (Lipinski definition) is 3. The van der Waals surface area contributed by atoms with Crippen LogP contribution >= 0.6 is 0 Å². The van der Waals surface area contributed by atoms with E-state index in [1.165, 1.54) is 44.1 Å². The van der Waals surface area contributed by atoms with E-state index < -0.39 is 0 Å². The van der Waals surface area contributed by atoms with Gasteiger partial charge in [-0.15, -0.1) is 0 Å². The van der Waals surface area contributed by atoms with Crippen LogP contribution in [0.4, 0.5) is 11.5 Å². The van der Waals surface area contributed by atoms with E-state index >= 15 is 0 Å². The molecule has 0 atom stereocenters. The second kappa shape index (κ2) is 9.72. The number of nitrogens with zero attached hydrogens (tertiary/aromatic N) is 2. The lowest BCUT2D eigenvalue weighted by atomic mass is 10.0. The van der Waals surface area contributed by atoms with Crippen LogP contribution in [0.3, 0.4) is 0 Å². The maximum absolute atomic E-state index is 9.27. The highest BCUT2D eigenvalue weighted by atomic mass is 15.0. The van der Waals surface area contributed by atoms with E-state index in [4.69, 9.17) is 0 Å². The van der Waals surface area contributed by atoms with E-state index in [-0.39, 0.29) is 0 Å². The molecular formula is C21H27N3. The summed E-state index contributed by atoms with van der Waals surface area (Å²) in [5.74, 6) is 0.626. The molecule has 2 rings (SSSR count).